The highest BCUT2D eigenvalue weighted by Gasteiger charge is 2.62. The molecule has 2 saturated carbocycles. The number of hydrogen-bond acceptors (Lipinski definition) is 3. The molecule has 3 unspecified atom stereocenters. The second-order valence-electron chi connectivity index (χ2n) is 7.09. The Morgan fingerprint density at radius 1 is 1.38 bits per heavy atom. The molecule has 0 saturated heterocycles. The highest BCUT2D eigenvalue weighted by molar-refractivity contribution is 9.10. The van der Waals surface area contributed by atoms with Crippen LogP contribution in [-0.4, -0.2) is 11.0 Å². The zero-order valence-electron chi connectivity index (χ0n) is 12.6. The predicted molar refractivity (Wildman–Crippen MR) is 84.4 cm³/mol. The van der Waals surface area contributed by atoms with Crippen molar-refractivity contribution >= 4 is 21.6 Å². The lowest BCUT2D eigenvalue weighted by Crippen LogP contribution is -2.38. The van der Waals surface area contributed by atoms with Gasteiger partial charge in [-0.05, 0) is 42.7 Å². The second-order valence-corrected chi connectivity index (χ2v) is 8.00. The van der Waals surface area contributed by atoms with Crippen molar-refractivity contribution in [2.45, 2.75) is 46.1 Å². The molecule has 2 bridgehead atoms. The van der Waals surface area contributed by atoms with Gasteiger partial charge in [0.25, 0.3) is 0 Å². The van der Waals surface area contributed by atoms with E-state index in [0.29, 0.717) is 16.1 Å². The van der Waals surface area contributed by atoms with Crippen LogP contribution in [0, 0.1) is 26.9 Å². The molecule has 1 aromatic rings. The summed E-state index contributed by atoms with van der Waals surface area (Å²) in [5.41, 5.74) is 0.369. The van der Waals surface area contributed by atoms with Crippen molar-refractivity contribution in [1.29, 1.82) is 0 Å². The molecule has 0 N–H and O–H groups in total. The number of nitrogens with zero attached hydrogens (tertiary/aromatic N) is 1. The number of ether oxygens (including phenoxy) is 1. The normalized spacial score (nSPS) is 33.1. The van der Waals surface area contributed by atoms with E-state index in [0.717, 1.165) is 12.8 Å². The first kappa shape index (κ1) is 14.8. The number of hydrogen-bond donors (Lipinski definition) is 0. The first-order valence-corrected chi connectivity index (χ1v) is 8.15. The fraction of sp³-hybridized carbons (Fsp3) is 0.625. The molecule has 0 amide bonds. The summed E-state index contributed by atoms with van der Waals surface area (Å²) >= 11 is 3.28. The molecule has 114 valence electrons. The van der Waals surface area contributed by atoms with E-state index < -0.39 is 0 Å². The summed E-state index contributed by atoms with van der Waals surface area (Å²) in [6.45, 7) is 6.89. The van der Waals surface area contributed by atoms with Crippen LogP contribution in [0.4, 0.5) is 5.69 Å². The van der Waals surface area contributed by atoms with E-state index in [1.807, 2.05) is 0 Å². The Hall–Kier alpha value is -1.10. The highest BCUT2D eigenvalue weighted by atomic mass is 79.9. The quantitative estimate of drug-likeness (QED) is 0.570. The molecule has 0 radical (unpaired) electrons. The molecule has 0 aliphatic heterocycles. The van der Waals surface area contributed by atoms with Gasteiger partial charge in [0, 0.05) is 16.0 Å². The van der Waals surface area contributed by atoms with Gasteiger partial charge in [0.15, 0.2) is 5.75 Å². The van der Waals surface area contributed by atoms with Crippen LogP contribution >= 0.6 is 15.9 Å². The smallest absolute Gasteiger partial charge is 0.312 e. The first-order valence-electron chi connectivity index (χ1n) is 7.36. The van der Waals surface area contributed by atoms with E-state index in [2.05, 4.69) is 36.7 Å². The SMILES string of the molecule is CC1(C)C2CCC1(C)C(Oc1ccc(Br)cc1[N+](=O)[O-])C2. The summed E-state index contributed by atoms with van der Waals surface area (Å²) in [6.07, 6.45) is 3.44. The Kier molecular flexibility index (Phi) is 3.32. The third-order valence-electron chi connectivity index (χ3n) is 6.10. The molecule has 21 heavy (non-hydrogen) atoms. The number of fused-ring (bicyclic) bond motifs is 2. The maximum absolute atomic E-state index is 11.2. The molecule has 5 heteroatoms. The minimum Gasteiger partial charge on any atom is -0.483 e. The van der Waals surface area contributed by atoms with E-state index in [1.165, 1.54) is 12.5 Å². The summed E-state index contributed by atoms with van der Waals surface area (Å²) < 4.78 is 6.83. The molecule has 3 rings (SSSR count). The minimum absolute atomic E-state index is 0.0357. The molecule has 1 aromatic carbocycles. The van der Waals surface area contributed by atoms with Crippen molar-refractivity contribution in [2.24, 2.45) is 16.7 Å². The highest BCUT2D eigenvalue weighted by Crippen LogP contribution is 2.66. The molecule has 2 aliphatic carbocycles. The van der Waals surface area contributed by atoms with Gasteiger partial charge in [-0.1, -0.05) is 36.7 Å². The van der Waals surface area contributed by atoms with Gasteiger partial charge < -0.3 is 4.74 Å². The Bertz CT molecular complexity index is 601. The Morgan fingerprint density at radius 2 is 2.10 bits per heavy atom. The summed E-state index contributed by atoms with van der Waals surface area (Å²) in [5, 5.41) is 11.2. The predicted octanol–water partition coefficient (Wildman–Crippen LogP) is 4.95. The number of nitro groups is 1. The van der Waals surface area contributed by atoms with Crippen LogP contribution in [-0.2, 0) is 0 Å². The van der Waals surface area contributed by atoms with Crippen molar-refractivity contribution in [1.82, 2.24) is 0 Å². The molecule has 2 aliphatic rings. The number of nitro benzene ring substituents is 1. The summed E-state index contributed by atoms with van der Waals surface area (Å²) in [4.78, 5) is 10.8. The van der Waals surface area contributed by atoms with Crippen LogP contribution in [0.2, 0.25) is 0 Å². The standard InChI is InChI=1S/C16H20BrNO3/c1-15(2)10-6-7-16(15,3)14(8-10)21-13-5-4-11(17)9-12(13)18(19)20/h4-5,9-10,14H,6-8H2,1-3H3. The number of rotatable bonds is 3. The summed E-state index contributed by atoms with van der Waals surface area (Å²) in [6, 6.07) is 5.00. The molecular weight excluding hydrogens is 334 g/mol. The van der Waals surface area contributed by atoms with E-state index >= 15 is 0 Å². The second kappa shape index (κ2) is 4.70. The van der Waals surface area contributed by atoms with Crippen LogP contribution in [0.25, 0.3) is 0 Å². The van der Waals surface area contributed by atoms with Gasteiger partial charge in [0.1, 0.15) is 6.10 Å². The minimum atomic E-state index is -0.374. The molecule has 0 aromatic heterocycles. The van der Waals surface area contributed by atoms with Gasteiger partial charge >= 0.3 is 5.69 Å². The number of halogens is 1. The molecule has 0 spiro atoms. The van der Waals surface area contributed by atoms with Crippen molar-refractivity contribution in [2.75, 3.05) is 0 Å². The lowest BCUT2D eigenvalue weighted by molar-refractivity contribution is -0.386. The zero-order valence-corrected chi connectivity index (χ0v) is 14.1. The molecule has 0 heterocycles. The molecule has 4 nitrogen and oxygen atoms in total. The van der Waals surface area contributed by atoms with Crippen molar-refractivity contribution in [3.63, 3.8) is 0 Å². The third-order valence-corrected chi connectivity index (χ3v) is 6.59. The van der Waals surface area contributed by atoms with Gasteiger partial charge in [-0.2, -0.15) is 0 Å². The van der Waals surface area contributed by atoms with Gasteiger partial charge in [0.2, 0.25) is 0 Å². The zero-order chi connectivity index (χ0) is 15.4. The van der Waals surface area contributed by atoms with E-state index in [-0.39, 0.29) is 27.5 Å². The molecular formula is C16H20BrNO3. The Balaban J connectivity index is 1.91. The van der Waals surface area contributed by atoms with Crippen LogP contribution in [0.15, 0.2) is 22.7 Å². The maximum Gasteiger partial charge on any atom is 0.312 e. The third kappa shape index (κ3) is 2.08. The molecule has 3 atom stereocenters. The van der Waals surface area contributed by atoms with Gasteiger partial charge in [-0.25, -0.2) is 0 Å². The average molecular weight is 354 g/mol. The lowest BCUT2D eigenvalue weighted by Gasteiger charge is -2.38. The van der Waals surface area contributed by atoms with Crippen LogP contribution in [0.5, 0.6) is 5.75 Å². The largest absolute Gasteiger partial charge is 0.483 e. The van der Waals surface area contributed by atoms with Crippen LogP contribution in [0.3, 0.4) is 0 Å². The van der Waals surface area contributed by atoms with Crippen molar-refractivity contribution in [3.05, 3.63) is 32.8 Å². The molecule has 2 fully saturated rings. The summed E-state index contributed by atoms with van der Waals surface area (Å²) in [7, 11) is 0. The van der Waals surface area contributed by atoms with Gasteiger partial charge in [0.05, 0.1) is 4.92 Å². The Morgan fingerprint density at radius 3 is 2.62 bits per heavy atom. The Labute approximate surface area is 133 Å². The van der Waals surface area contributed by atoms with Crippen molar-refractivity contribution < 1.29 is 9.66 Å². The fourth-order valence-corrected chi connectivity index (χ4v) is 4.54. The van der Waals surface area contributed by atoms with Crippen LogP contribution in [0.1, 0.15) is 40.0 Å². The van der Waals surface area contributed by atoms with Gasteiger partial charge in [-0.15, -0.1) is 0 Å². The summed E-state index contributed by atoms with van der Waals surface area (Å²) in [5.74, 6) is 1.04. The van der Waals surface area contributed by atoms with E-state index in [1.54, 1.807) is 12.1 Å². The van der Waals surface area contributed by atoms with Gasteiger partial charge in [-0.3, -0.25) is 10.1 Å². The van der Waals surface area contributed by atoms with Crippen LogP contribution < -0.4 is 4.74 Å². The monoisotopic (exact) mass is 353 g/mol. The number of benzene rings is 1. The average Bonchev–Trinajstić information content (AvgIpc) is 2.73. The topological polar surface area (TPSA) is 52.4 Å². The fourth-order valence-electron chi connectivity index (χ4n) is 4.19. The lowest BCUT2D eigenvalue weighted by atomic mass is 9.70. The van der Waals surface area contributed by atoms with E-state index in [9.17, 15) is 10.1 Å². The van der Waals surface area contributed by atoms with E-state index in [4.69, 9.17) is 4.74 Å². The maximum atomic E-state index is 11.2. The van der Waals surface area contributed by atoms with Crippen molar-refractivity contribution in [3.8, 4) is 5.75 Å². The first-order chi connectivity index (χ1) is 9.75.